The highest BCUT2D eigenvalue weighted by molar-refractivity contribution is 8.32. The van der Waals surface area contributed by atoms with Crippen LogP contribution in [-0.4, -0.2) is 57.3 Å². The fourth-order valence-electron chi connectivity index (χ4n) is 4.07. The molecule has 0 radical (unpaired) electrons. The molecule has 0 aliphatic rings. The van der Waals surface area contributed by atoms with Crippen LogP contribution in [0, 0.1) is 6.92 Å². The van der Waals surface area contributed by atoms with Crippen LogP contribution in [0.25, 0.3) is 22.4 Å². The third kappa shape index (κ3) is 7.60. The van der Waals surface area contributed by atoms with Crippen molar-refractivity contribution in [3.05, 3.63) is 82.0 Å². The van der Waals surface area contributed by atoms with E-state index in [1.54, 1.807) is 31.5 Å². The molecule has 4 aromatic rings. The third-order valence-corrected chi connectivity index (χ3v) is 7.62. The third-order valence-electron chi connectivity index (χ3n) is 6.23. The summed E-state index contributed by atoms with van der Waals surface area (Å²) >= 11 is 0. The molecule has 0 atom stereocenters. The first kappa shape index (κ1) is 29.5. The van der Waals surface area contributed by atoms with Gasteiger partial charge in [0.05, 0.1) is 29.7 Å². The normalized spacial score (nSPS) is 12.6. The molecule has 0 unspecified atom stereocenters. The number of fused-ring (bicyclic) bond motifs is 1. The number of hydrogen-bond acceptors (Lipinski definition) is 6. The van der Waals surface area contributed by atoms with Crippen molar-refractivity contribution in [2.24, 2.45) is 0 Å². The molecule has 3 heterocycles. The number of aromatic nitrogens is 4. The summed E-state index contributed by atoms with van der Waals surface area (Å²) in [5.74, 6) is 1.35. The standard InChI is InChI=1S/C29H33F3N4O3S/c1-20-16-23(39-13-5-6-21-7-10-33-11-8-21)18-24-26(20)35-27(25-17-22(9-12-34-25)29(30,31)32)36(28(24)37)19-38-14-15-40(2,3)4/h7-12,16-18H,5-6,13-15,19H2,1-4H3. The second-order valence-corrected chi connectivity index (χ2v) is 15.0. The lowest BCUT2D eigenvalue weighted by molar-refractivity contribution is -0.137. The maximum absolute atomic E-state index is 13.8. The molecule has 0 spiro atoms. The van der Waals surface area contributed by atoms with E-state index in [0.29, 0.717) is 35.4 Å². The van der Waals surface area contributed by atoms with Crippen LogP contribution in [0.2, 0.25) is 0 Å². The van der Waals surface area contributed by atoms with Gasteiger partial charge in [-0.05, 0) is 86.1 Å². The summed E-state index contributed by atoms with van der Waals surface area (Å²) in [7, 11) is -0.833. The van der Waals surface area contributed by atoms with Crippen molar-refractivity contribution in [2.45, 2.75) is 32.7 Å². The van der Waals surface area contributed by atoms with E-state index in [-0.39, 0.29) is 18.2 Å². The Morgan fingerprint density at radius 2 is 1.75 bits per heavy atom. The zero-order chi connectivity index (χ0) is 28.9. The van der Waals surface area contributed by atoms with Crippen LogP contribution in [0.1, 0.15) is 23.1 Å². The van der Waals surface area contributed by atoms with Gasteiger partial charge in [-0.2, -0.15) is 13.2 Å². The monoisotopic (exact) mass is 574 g/mol. The smallest absolute Gasteiger partial charge is 0.416 e. The molecule has 3 aromatic heterocycles. The van der Waals surface area contributed by atoms with Gasteiger partial charge in [0.15, 0.2) is 5.82 Å². The Hall–Kier alpha value is -3.44. The van der Waals surface area contributed by atoms with Gasteiger partial charge in [-0.25, -0.2) is 15.0 Å². The van der Waals surface area contributed by atoms with Crippen molar-refractivity contribution < 1.29 is 22.6 Å². The van der Waals surface area contributed by atoms with E-state index in [4.69, 9.17) is 9.47 Å². The highest BCUT2D eigenvalue weighted by atomic mass is 32.3. The van der Waals surface area contributed by atoms with Gasteiger partial charge >= 0.3 is 6.18 Å². The summed E-state index contributed by atoms with van der Waals surface area (Å²) in [6, 6.07) is 9.10. The van der Waals surface area contributed by atoms with Crippen molar-refractivity contribution in [2.75, 3.05) is 37.7 Å². The molecule has 214 valence electrons. The summed E-state index contributed by atoms with van der Waals surface area (Å²) in [6.07, 6.45) is 8.05. The summed E-state index contributed by atoms with van der Waals surface area (Å²) in [4.78, 5) is 26.5. The molecule has 0 N–H and O–H groups in total. The number of rotatable bonds is 11. The van der Waals surface area contributed by atoms with Gasteiger partial charge < -0.3 is 9.47 Å². The highest BCUT2D eigenvalue weighted by Crippen LogP contribution is 2.34. The lowest BCUT2D eigenvalue weighted by Gasteiger charge is -2.24. The van der Waals surface area contributed by atoms with Gasteiger partial charge in [-0.3, -0.25) is 19.3 Å². The number of pyridine rings is 2. The topological polar surface area (TPSA) is 79.1 Å². The van der Waals surface area contributed by atoms with Crippen molar-refractivity contribution in [1.82, 2.24) is 19.5 Å². The minimum atomic E-state index is -4.56. The lowest BCUT2D eigenvalue weighted by Crippen LogP contribution is -2.26. The van der Waals surface area contributed by atoms with Crippen LogP contribution < -0.4 is 10.3 Å². The summed E-state index contributed by atoms with van der Waals surface area (Å²) < 4.78 is 53.4. The van der Waals surface area contributed by atoms with Gasteiger partial charge in [0.1, 0.15) is 18.2 Å². The van der Waals surface area contributed by atoms with Crippen LogP contribution in [0.15, 0.2) is 59.8 Å². The molecule has 1 aromatic carbocycles. The minimum Gasteiger partial charge on any atom is -0.494 e. The summed E-state index contributed by atoms with van der Waals surface area (Å²) in [5, 5.41) is 0.296. The fraction of sp³-hybridized carbons (Fsp3) is 0.379. The molecule has 0 aliphatic carbocycles. The van der Waals surface area contributed by atoms with Gasteiger partial charge in [0, 0.05) is 24.3 Å². The molecule has 0 saturated heterocycles. The average Bonchev–Trinajstić information content (AvgIpc) is 2.90. The van der Waals surface area contributed by atoms with Gasteiger partial charge in [0.25, 0.3) is 5.56 Å². The predicted molar refractivity (Wildman–Crippen MR) is 153 cm³/mol. The quantitative estimate of drug-likeness (QED) is 0.209. The molecule has 4 rings (SSSR count). The average molecular weight is 575 g/mol. The van der Waals surface area contributed by atoms with Crippen molar-refractivity contribution in [3.8, 4) is 17.3 Å². The second kappa shape index (κ2) is 12.4. The lowest BCUT2D eigenvalue weighted by atomic mass is 10.1. The molecule has 11 heteroatoms. The van der Waals surface area contributed by atoms with Crippen molar-refractivity contribution >= 4 is 20.9 Å². The molecule has 7 nitrogen and oxygen atoms in total. The molecule has 0 saturated carbocycles. The van der Waals surface area contributed by atoms with Gasteiger partial charge in [0.2, 0.25) is 0 Å². The number of ether oxygens (including phenoxy) is 2. The van der Waals surface area contributed by atoms with Crippen LogP contribution in [0.5, 0.6) is 5.75 Å². The van der Waals surface area contributed by atoms with Gasteiger partial charge in [-0.1, -0.05) is 0 Å². The van der Waals surface area contributed by atoms with E-state index in [2.05, 4.69) is 33.7 Å². The summed E-state index contributed by atoms with van der Waals surface area (Å²) in [5.41, 5.74) is 0.824. The maximum Gasteiger partial charge on any atom is 0.416 e. The first-order chi connectivity index (χ1) is 18.9. The number of hydrogen-bond donors (Lipinski definition) is 0. The van der Waals surface area contributed by atoms with Crippen molar-refractivity contribution in [3.63, 3.8) is 0 Å². The highest BCUT2D eigenvalue weighted by Gasteiger charge is 2.31. The van der Waals surface area contributed by atoms with E-state index in [0.717, 1.165) is 42.5 Å². The Morgan fingerprint density at radius 1 is 1.00 bits per heavy atom. The molecule has 0 aliphatic heterocycles. The van der Waals surface area contributed by atoms with E-state index in [1.807, 2.05) is 12.1 Å². The first-order valence-corrected chi connectivity index (χ1v) is 15.8. The maximum atomic E-state index is 13.8. The number of aryl methyl sites for hydroxylation is 2. The molecular formula is C29H33F3N4O3S. The zero-order valence-corrected chi connectivity index (χ0v) is 23.8. The SMILES string of the molecule is Cc1cc(OCCCc2ccncc2)cc2c(=O)n(COCCS(C)(C)C)c(-c3cc(C(F)(F)F)ccn3)nc12. The fourth-order valence-corrected chi connectivity index (χ4v) is 4.69. The molecule has 0 bridgehead atoms. The molecule has 0 fully saturated rings. The predicted octanol–water partition coefficient (Wildman–Crippen LogP) is 5.86. The van der Waals surface area contributed by atoms with E-state index >= 15 is 0 Å². The first-order valence-electron chi connectivity index (χ1n) is 12.8. The van der Waals surface area contributed by atoms with Crippen LogP contribution in [0.3, 0.4) is 0 Å². The second-order valence-electron chi connectivity index (χ2n) is 10.4. The number of alkyl halides is 3. The van der Waals surface area contributed by atoms with E-state index in [9.17, 15) is 18.0 Å². The summed E-state index contributed by atoms with van der Waals surface area (Å²) in [6.45, 7) is 2.47. The van der Waals surface area contributed by atoms with E-state index in [1.165, 1.54) is 4.57 Å². The van der Waals surface area contributed by atoms with Crippen LogP contribution in [-0.2, 0) is 24.1 Å². The Labute approximate surface area is 232 Å². The van der Waals surface area contributed by atoms with Crippen LogP contribution in [0.4, 0.5) is 13.2 Å². The van der Waals surface area contributed by atoms with Crippen LogP contribution >= 0.6 is 10.0 Å². The van der Waals surface area contributed by atoms with E-state index < -0.39 is 27.3 Å². The molecular weight excluding hydrogens is 541 g/mol. The van der Waals surface area contributed by atoms with Crippen molar-refractivity contribution in [1.29, 1.82) is 0 Å². The Morgan fingerprint density at radius 3 is 2.45 bits per heavy atom. The molecule has 40 heavy (non-hydrogen) atoms. The Balaban J connectivity index is 1.67. The number of halogens is 3. The van der Waals surface area contributed by atoms with Gasteiger partial charge in [-0.15, -0.1) is 0 Å². The Bertz CT molecular complexity index is 1520. The largest absolute Gasteiger partial charge is 0.494 e. The number of nitrogens with zero attached hydrogens (tertiary/aromatic N) is 4. The zero-order valence-electron chi connectivity index (χ0n) is 23.0. The molecule has 0 amide bonds. The number of benzene rings is 1. The minimum absolute atomic E-state index is 0.0147. The Kier molecular flexibility index (Phi) is 9.15.